The van der Waals surface area contributed by atoms with Gasteiger partial charge < -0.3 is 15.2 Å². The molecule has 0 saturated carbocycles. The lowest BCUT2D eigenvalue weighted by atomic mass is 10.5. The molecule has 0 spiro atoms. The number of carbonyl (C=O) groups is 1. The first-order valence-corrected chi connectivity index (χ1v) is 4.10. The third-order valence-electron chi connectivity index (χ3n) is 0.795. The van der Waals surface area contributed by atoms with Crippen molar-refractivity contribution in [1.82, 2.24) is 5.32 Å². The van der Waals surface area contributed by atoms with Crippen LogP contribution in [0.25, 0.3) is 0 Å². The van der Waals surface area contributed by atoms with Crippen LogP contribution in [0.2, 0.25) is 0 Å². The van der Waals surface area contributed by atoms with Gasteiger partial charge in [-0.25, -0.2) is 0 Å². The van der Waals surface area contributed by atoms with Crippen LogP contribution in [0.3, 0.4) is 0 Å². The zero-order valence-electron chi connectivity index (χ0n) is 5.35. The molecule has 0 aromatic carbocycles. The van der Waals surface area contributed by atoms with E-state index >= 15 is 0 Å². The summed E-state index contributed by atoms with van der Waals surface area (Å²) in [6.07, 6.45) is 1.67. The molecule has 4 heteroatoms. The molecule has 0 aliphatic heterocycles. The van der Waals surface area contributed by atoms with E-state index in [1.807, 2.05) is 6.26 Å². The molecule has 0 aliphatic rings. The van der Waals surface area contributed by atoms with Gasteiger partial charge in [0.2, 0.25) is 0 Å². The van der Waals surface area contributed by atoms with Crippen molar-refractivity contribution in [2.75, 3.05) is 18.6 Å². The molecule has 0 saturated heterocycles. The first kappa shape index (κ1) is 8.62. The summed E-state index contributed by atoms with van der Waals surface area (Å²) in [5.41, 5.74) is 0. The average molecular weight is 148 g/mol. The monoisotopic (exact) mass is 148 g/mol. The smallest absolute Gasteiger partial charge is 0.134 e. The average Bonchev–Trinajstić information content (AvgIpc) is 1.80. The van der Waals surface area contributed by atoms with Gasteiger partial charge in [-0.3, -0.25) is 0 Å². The zero-order valence-corrected chi connectivity index (χ0v) is 6.16. The lowest BCUT2D eigenvalue weighted by Crippen LogP contribution is -2.37. The van der Waals surface area contributed by atoms with Gasteiger partial charge >= 0.3 is 0 Å². The van der Waals surface area contributed by atoms with E-state index in [2.05, 4.69) is 5.32 Å². The van der Waals surface area contributed by atoms with Crippen molar-refractivity contribution in [3.8, 4) is 0 Å². The summed E-state index contributed by atoms with van der Waals surface area (Å²) >= 11 is 1.70. The van der Waals surface area contributed by atoms with Gasteiger partial charge in [0, 0.05) is 6.54 Å². The van der Waals surface area contributed by atoms with Crippen molar-refractivity contribution in [1.29, 1.82) is 0 Å². The van der Waals surface area contributed by atoms with E-state index in [1.54, 1.807) is 11.8 Å². The van der Waals surface area contributed by atoms with Gasteiger partial charge in [0.05, 0.1) is 0 Å². The second-order valence-electron chi connectivity index (χ2n) is 1.56. The van der Waals surface area contributed by atoms with Gasteiger partial charge in [-0.05, 0) is 18.4 Å². The molecule has 0 unspecified atom stereocenters. The van der Waals surface area contributed by atoms with E-state index in [9.17, 15) is 9.90 Å². The van der Waals surface area contributed by atoms with Crippen LogP contribution in [0.1, 0.15) is 6.42 Å². The highest BCUT2D eigenvalue weighted by Crippen LogP contribution is 1.92. The molecule has 0 atom stereocenters. The summed E-state index contributed by atoms with van der Waals surface area (Å²) < 4.78 is 0. The Balaban J connectivity index is 2.83. The van der Waals surface area contributed by atoms with Crippen molar-refractivity contribution < 1.29 is 9.90 Å². The Labute approximate surface area is 58.8 Å². The third-order valence-corrected chi connectivity index (χ3v) is 1.49. The molecule has 9 heavy (non-hydrogen) atoms. The van der Waals surface area contributed by atoms with Crippen LogP contribution in [0.4, 0.5) is 4.79 Å². The molecule has 0 aromatic rings. The summed E-state index contributed by atoms with van der Waals surface area (Å²) in [6, 6.07) is 0. The summed E-state index contributed by atoms with van der Waals surface area (Å²) in [7, 11) is 0. The molecule has 0 fully saturated rings. The SMILES string of the molecule is CSCCCNC(=O)[O-]. The molecule has 0 heterocycles. The Hall–Kier alpha value is -0.380. The molecule has 0 radical (unpaired) electrons. The molecule has 3 nitrogen and oxygen atoms in total. The number of hydrogen-bond donors (Lipinski definition) is 1. The second kappa shape index (κ2) is 5.75. The number of amides is 1. The van der Waals surface area contributed by atoms with E-state index in [1.165, 1.54) is 0 Å². The molecular weight excluding hydrogens is 138 g/mol. The Kier molecular flexibility index (Phi) is 5.51. The fraction of sp³-hybridized carbons (Fsp3) is 0.800. The van der Waals surface area contributed by atoms with Gasteiger partial charge in [0.1, 0.15) is 6.09 Å². The minimum absolute atomic E-state index is 0.503. The first-order chi connectivity index (χ1) is 4.27. The highest BCUT2D eigenvalue weighted by Gasteiger charge is 1.83. The molecule has 0 rings (SSSR count). The Morgan fingerprint density at radius 1 is 1.78 bits per heavy atom. The predicted octanol–water partition coefficient (Wildman–Crippen LogP) is -0.328. The molecule has 1 N–H and O–H groups in total. The molecule has 0 aromatic heterocycles. The fourth-order valence-corrected chi connectivity index (χ4v) is 0.840. The maximum absolute atomic E-state index is 9.73. The second-order valence-corrected chi connectivity index (χ2v) is 2.55. The highest BCUT2D eigenvalue weighted by molar-refractivity contribution is 7.98. The van der Waals surface area contributed by atoms with Crippen molar-refractivity contribution in [2.45, 2.75) is 6.42 Å². The number of carboxylic acid groups (broad SMARTS) is 1. The van der Waals surface area contributed by atoms with Crippen LogP contribution < -0.4 is 10.4 Å². The number of rotatable bonds is 4. The predicted molar refractivity (Wildman–Crippen MR) is 36.4 cm³/mol. The molecule has 0 aliphatic carbocycles. The quantitative estimate of drug-likeness (QED) is 0.555. The van der Waals surface area contributed by atoms with E-state index in [4.69, 9.17) is 0 Å². The van der Waals surface area contributed by atoms with Gasteiger partial charge in [-0.1, -0.05) is 0 Å². The van der Waals surface area contributed by atoms with Crippen LogP contribution in [0.5, 0.6) is 0 Å². The normalized spacial score (nSPS) is 9.00. The Morgan fingerprint density at radius 2 is 2.44 bits per heavy atom. The van der Waals surface area contributed by atoms with Gasteiger partial charge in [-0.2, -0.15) is 11.8 Å². The van der Waals surface area contributed by atoms with Crippen molar-refractivity contribution in [2.24, 2.45) is 0 Å². The Morgan fingerprint density at radius 3 is 2.89 bits per heavy atom. The van der Waals surface area contributed by atoms with E-state index in [0.29, 0.717) is 6.54 Å². The van der Waals surface area contributed by atoms with Crippen molar-refractivity contribution in [3.05, 3.63) is 0 Å². The lowest BCUT2D eigenvalue weighted by molar-refractivity contribution is -0.250. The highest BCUT2D eigenvalue weighted by atomic mass is 32.2. The number of nitrogens with one attached hydrogen (secondary N) is 1. The van der Waals surface area contributed by atoms with Gasteiger partial charge in [-0.15, -0.1) is 0 Å². The van der Waals surface area contributed by atoms with E-state index in [-0.39, 0.29) is 0 Å². The topological polar surface area (TPSA) is 52.2 Å². The summed E-state index contributed by atoms with van der Waals surface area (Å²) in [4.78, 5) is 9.73. The maximum Gasteiger partial charge on any atom is 0.134 e. The Bertz CT molecular complexity index is 87.0. The standard InChI is InChI=1S/C5H11NO2S/c1-9-4-2-3-6-5(7)8/h6H,2-4H2,1H3,(H,7,8)/p-1. The molecule has 0 bridgehead atoms. The minimum atomic E-state index is -1.18. The molecule has 54 valence electrons. The largest absolute Gasteiger partial charge is 0.530 e. The number of hydrogen-bond acceptors (Lipinski definition) is 3. The van der Waals surface area contributed by atoms with Crippen LogP contribution in [-0.4, -0.2) is 24.6 Å². The van der Waals surface area contributed by atoms with Crippen molar-refractivity contribution >= 4 is 17.9 Å². The fourth-order valence-electron chi connectivity index (χ4n) is 0.407. The van der Waals surface area contributed by atoms with Crippen LogP contribution >= 0.6 is 11.8 Å². The van der Waals surface area contributed by atoms with Crippen LogP contribution in [0.15, 0.2) is 0 Å². The third kappa shape index (κ3) is 7.62. The van der Waals surface area contributed by atoms with E-state index < -0.39 is 6.09 Å². The first-order valence-electron chi connectivity index (χ1n) is 2.71. The van der Waals surface area contributed by atoms with E-state index in [0.717, 1.165) is 12.2 Å². The minimum Gasteiger partial charge on any atom is -0.530 e. The maximum atomic E-state index is 9.73. The number of thioether (sulfide) groups is 1. The molecular formula is C5H10NO2S-. The molecule has 1 amide bonds. The number of carbonyl (C=O) groups excluding carboxylic acids is 1. The zero-order chi connectivity index (χ0) is 7.11. The van der Waals surface area contributed by atoms with Gasteiger partial charge in [0.25, 0.3) is 0 Å². The lowest BCUT2D eigenvalue weighted by Gasteiger charge is -2.03. The van der Waals surface area contributed by atoms with Crippen molar-refractivity contribution in [3.63, 3.8) is 0 Å². The summed E-state index contributed by atoms with van der Waals surface area (Å²) in [5, 5.41) is 11.9. The van der Waals surface area contributed by atoms with Crippen LogP contribution in [-0.2, 0) is 0 Å². The summed E-state index contributed by atoms with van der Waals surface area (Å²) in [6.45, 7) is 0.503. The van der Waals surface area contributed by atoms with Crippen LogP contribution in [0, 0.1) is 0 Å². The summed E-state index contributed by atoms with van der Waals surface area (Å²) in [5.74, 6) is 0.986. The van der Waals surface area contributed by atoms with Gasteiger partial charge in [0.15, 0.2) is 0 Å².